The third kappa shape index (κ3) is 3.92. The van der Waals surface area contributed by atoms with E-state index in [1.807, 2.05) is 86.6 Å². The van der Waals surface area contributed by atoms with Crippen LogP contribution in [0.3, 0.4) is 0 Å². The fourth-order valence-corrected chi connectivity index (χ4v) is 4.51. The molecule has 3 aromatic carbocycles. The molecular formula is C28H28N4O2. The van der Waals surface area contributed by atoms with Crippen molar-refractivity contribution in [2.24, 2.45) is 0 Å². The Labute approximate surface area is 199 Å². The molecule has 1 aliphatic rings. The Bertz CT molecular complexity index is 1370. The normalized spacial score (nSPS) is 15.1. The minimum absolute atomic E-state index is 0.142. The van der Waals surface area contributed by atoms with Crippen LogP contribution in [0.1, 0.15) is 37.9 Å². The fraction of sp³-hybridized carbons (Fsp3) is 0.214. The highest BCUT2D eigenvalue weighted by atomic mass is 16.5. The van der Waals surface area contributed by atoms with E-state index >= 15 is 0 Å². The summed E-state index contributed by atoms with van der Waals surface area (Å²) in [7, 11) is 0. The van der Waals surface area contributed by atoms with E-state index in [0.29, 0.717) is 12.2 Å². The number of carbonyl (C=O) groups is 1. The molecule has 34 heavy (non-hydrogen) atoms. The summed E-state index contributed by atoms with van der Waals surface area (Å²) in [6, 6.07) is 23.6. The number of ether oxygens (including phenoxy) is 1. The minimum Gasteiger partial charge on any atom is -0.494 e. The van der Waals surface area contributed by atoms with Crippen LogP contribution in [-0.4, -0.2) is 22.1 Å². The Morgan fingerprint density at radius 1 is 1.03 bits per heavy atom. The van der Waals surface area contributed by atoms with Gasteiger partial charge in [-0.05, 0) is 67.8 Å². The lowest BCUT2D eigenvalue weighted by atomic mass is 9.94. The number of carbonyl (C=O) groups excluding carboxylic acids is 1. The number of allylic oxidation sites excluding steroid dienone is 1. The number of aromatic nitrogens is 2. The molecule has 0 saturated carbocycles. The summed E-state index contributed by atoms with van der Waals surface area (Å²) in [6.45, 7) is 6.61. The van der Waals surface area contributed by atoms with Gasteiger partial charge >= 0.3 is 0 Å². The van der Waals surface area contributed by atoms with Gasteiger partial charge in [0.05, 0.1) is 29.3 Å². The van der Waals surface area contributed by atoms with Crippen molar-refractivity contribution in [1.29, 1.82) is 0 Å². The highest BCUT2D eigenvalue weighted by molar-refractivity contribution is 6.06. The number of nitrogens with one attached hydrogen (secondary N) is 2. The lowest BCUT2D eigenvalue weighted by Gasteiger charge is -2.31. The number of aryl methyl sites for hydroxylation is 1. The van der Waals surface area contributed by atoms with Crippen LogP contribution in [0, 0.1) is 0 Å². The second-order valence-electron chi connectivity index (χ2n) is 8.37. The second-order valence-corrected chi connectivity index (χ2v) is 8.37. The molecule has 1 atom stereocenters. The van der Waals surface area contributed by atoms with Gasteiger partial charge in [0, 0.05) is 11.4 Å². The van der Waals surface area contributed by atoms with Crippen molar-refractivity contribution >= 4 is 28.6 Å². The molecular weight excluding hydrogens is 424 g/mol. The maximum Gasteiger partial charge on any atom is 0.255 e. The number of para-hydroxylation sites is 2. The van der Waals surface area contributed by atoms with Gasteiger partial charge in [-0.2, -0.15) is 0 Å². The number of hydrogen-bond acceptors (Lipinski definition) is 4. The summed E-state index contributed by atoms with van der Waals surface area (Å²) in [5.74, 6) is 1.39. The Morgan fingerprint density at radius 2 is 1.76 bits per heavy atom. The highest BCUT2D eigenvalue weighted by Gasteiger charge is 2.34. The van der Waals surface area contributed by atoms with Gasteiger partial charge in [0.2, 0.25) is 5.95 Å². The van der Waals surface area contributed by atoms with E-state index in [1.54, 1.807) is 0 Å². The summed E-state index contributed by atoms with van der Waals surface area (Å²) in [4.78, 5) is 18.5. The molecule has 0 radical (unpaired) electrons. The van der Waals surface area contributed by atoms with Gasteiger partial charge in [-0.3, -0.25) is 9.36 Å². The molecule has 0 aliphatic carbocycles. The van der Waals surface area contributed by atoms with Gasteiger partial charge in [-0.1, -0.05) is 43.3 Å². The largest absolute Gasteiger partial charge is 0.494 e. The summed E-state index contributed by atoms with van der Waals surface area (Å²) in [5, 5.41) is 6.46. The van der Waals surface area contributed by atoms with Gasteiger partial charge < -0.3 is 15.4 Å². The van der Waals surface area contributed by atoms with Crippen molar-refractivity contribution in [2.45, 2.75) is 33.2 Å². The molecule has 1 aromatic heterocycles. The number of anilines is 2. The number of rotatable bonds is 6. The third-order valence-electron chi connectivity index (χ3n) is 6.20. The first-order valence-electron chi connectivity index (χ1n) is 11.7. The van der Waals surface area contributed by atoms with Crippen LogP contribution in [0.4, 0.5) is 11.6 Å². The molecule has 2 heterocycles. The zero-order valence-corrected chi connectivity index (χ0v) is 19.6. The topological polar surface area (TPSA) is 68.2 Å². The Kier molecular flexibility index (Phi) is 5.80. The predicted molar refractivity (Wildman–Crippen MR) is 136 cm³/mol. The minimum atomic E-state index is -0.339. The zero-order chi connectivity index (χ0) is 23.7. The van der Waals surface area contributed by atoms with Crippen molar-refractivity contribution in [3.05, 3.63) is 95.2 Å². The van der Waals surface area contributed by atoms with Crippen LogP contribution < -0.4 is 15.4 Å². The molecule has 5 rings (SSSR count). The molecule has 0 saturated heterocycles. The molecule has 0 bridgehead atoms. The average Bonchev–Trinajstić information content (AvgIpc) is 3.22. The van der Waals surface area contributed by atoms with Crippen LogP contribution in [-0.2, 0) is 11.2 Å². The van der Waals surface area contributed by atoms with Crippen molar-refractivity contribution in [1.82, 2.24) is 9.55 Å². The zero-order valence-electron chi connectivity index (χ0n) is 19.6. The number of benzene rings is 3. The van der Waals surface area contributed by atoms with Gasteiger partial charge in [-0.25, -0.2) is 4.98 Å². The standard InChI is InChI=1S/C28H28N4O2/c1-4-19-10-14-21(15-11-19)30-27(33)25-18(3)29-28-31-23-8-6-7-9-24(23)32(28)26(25)20-12-16-22(17-13-20)34-5-2/h6-17,26H,4-5H2,1-3H3,(H,29,31)(H,30,33)/t26-/m0/s1. The first-order valence-corrected chi connectivity index (χ1v) is 11.7. The Morgan fingerprint density at radius 3 is 2.47 bits per heavy atom. The first kappa shape index (κ1) is 21.8. The van der Waals surface area contributed by atoms with E-state index in [1.165, 1.54) is 5.56 Å². The summed E-state index contributed by atoms with van der Waals surface area (Å²) < 4.78 is 7.75. The highest BCUT2D eigenvalue weighted by Crippen LogP contribution is 2.39. The molecule has 0 fully saturated rings. The van der Waals surface area contributed by atoms with Gasteiger partial charge in [0.25, 0.3) is 5.91 Å². The quantitative estimate of drug-likeness (QED) is 0.381. The number of hydrogen-bond donors (Lipinski definition) is 2. The molecule has 1 amide bonds. The molecule has 0 spiro atoms. The monoisotopic (exact) mass is 452 g/mol. The van der Waals surface area contributed by atoms with Crippen molar-refractivity contribution in [3.8, 4) is 5.75 Å². The van der Waals surface area contributed by atoms with Crippen LogP contribution in [0.25, 0.3) is 11.0 Å². The number of amides is 1. The van der Waals surface area contributed by atoms with E-state index in [4.69, 9.17) is 9.72 Å². The molecule has 2 N–H and O–H groups in total. The Hall–Kier alpha value is -4.06. The van der Waals surface area contributed by atoms with E-state index in [2.05, 4.69) is 22.1 Å². The van der Waals surface area contributed by atoms with Crippen molar-refractivity contribution in [2.75, 3.05) is 17.2 Å². The van der Waals surface area contributed by atoms with E-state index in [0.717, 1.165) is 46.1 Å². The van der Waals surface area contributed by atoms with Gasteiger partial charge in [-0.15, -0.1) is 0 Å². The average molecular weight is 453 g/mol. The lowest BCUT2D eigenvalue weighted by molar-refractivity contribution is -0.113. The SMILES string of the molecule is CCOc1ccc([C@H]2C(C(=O)Nc3ccc(CC)cc3)=C(C)Nc3nc4ccccc4n32)cc1. The van der Waals surface area contributed by atoms with Crippen LogP contribution >= 0.6 is 0 Å². The van der Waals surface area contributed by atoms with Crippen molar-refractivity contribution < 1.29 is 9.53 Å². The summed E-state index contributed by atoms with van der Waals surface area (Å²) in [6.07, 6.45) is 0.957. The van der Waals surface area contributed by atoms with Crippen LogP contribution in [0.5, 0.6) is 5.75 Å². The van der Waals surface area contributed by atoms with Gasteiger partial charge in [0.15, 0.2) is 0 Å². The van der Waals surface area contributed by atoms with Crippen molar-refractivity contribution in [3.63, 3.8) is 0 Å². The van der Waals surface area contributed by atoms with E-state index in [-0.39, 0.29) is 11.9 Å². The number of fused-ring (bicyclic) bond motifs is 3. The van der Waals surface area contributed by atoms with Crippen LogP contribution in [0.2, 0.25) is 0 Å². The summed E-state index contributed by atoms with van der Waals surface area (Å²) in [5.41, 5.74) is 6.27. The molecule has 4 aromatic rings. The maximum atomic E-state index is 13.7. The lowest BCUT2D eigenvalue weighted by Crippen LogP contribution is -2.30. The van der Waals surface area contributed by atoms with Gasteiger partial charge in [0.1, 0.15) is 5.75 Å². The Balaban J connectivity index is 1.60. The predicted octanol–water partition coefficient (Wildman–Crippen LogP) is 5.93. The second kappa shape index (κ2) is 9.06. The third-order valence-corrected chi connectivity index (χ3v) is 6.20. The smallest absolute Gasteiger partial charge is 0.255 e. The molecule has 172 valence electrons. The number of nitrogens with zero attached hydrogens (tertiary/aromatic N) is 2. The molecule has 6 heteroatoms. The molecule has 6 nitrogen and oxygen atoms in total. The summed E-state index contributed by atoms with van der Waals surface area (Å²) >= 11 is 0. The van der Waals surface area contributed by atoms with Crippen LogP contribution in [0.15, 0.2) is 84.1 Å². The fourth-order valence-electron chi connectivity index (χ4n) is 4.51. The molecule has 1 aliphatic heterocycles. The van der Waals surface area contributed by atoms with E-state index < -0.39 is 0 Å². The number of imidazole rings is 1. The first-order chi connectivity index (χ1) is 16.6. The maximum absolute atomic E-state index is 13.7. The molecule has 0 unspecified atom stereocenters. The van der Waals surface area contributed by atoms with E-state index in [9.17, 15) is 4.79 Å².